The maximum Gasteiger partial charge on any atom is 0.391 e. The van der Waals surface area contributed by atoms with Gasteiger partial charge < -0.3 is 9.64 Å². The summed E-state index contributed by atoms with van der Waals surface area (Å²) in [4.78, 5) is 2.17. The molecule has 1 aliphatic heterocycles. The second kappa shape index (κ2) is 6.93. The maximum absolute atomic E-state index is 12.5. The smallest absolute Gasteiger partial charge is 0.384 e. The second-order valence-corrected chi connectivity index (χ2v) is 5.53. The van der Waals surface area contributed by atoms with E-state index in [2.05, 4.69) is 4.90 Å². The molecule has 0 radical (unpaired) electrons. The van der Waals surface area contributed by atoms with Crippen molar-refractivity contribution < 1.29 is 17.9 Å². The van der Waals surface area contributed by atoms with Gasteiger partial charge in [0, 0.05) is 19.1 Å². The first kappa shape index (κ1) is 16.8. The van der Waals surface area contributed by atoms with Gasteiger partial charge in [0.05, 0.1) is 12.5 Å². The zero-order valence-electron chi connectivity index (χ0n) is 12.2. The molecule has 0 atom stereocenters. The van der Waals surface area contributed by atoms with Crippen LogP contribution in [0, 0.1) is 11.3 Å². The predicted molar refractivity (Wildman–Crippen MR) is 70.1 cm³/mol. The molecule has 0 aromatic rings. The van der Waals surface area contributed by atoms with Crippen LogP contribution in [0.3, 0.4) is 0 Å². The van der Waals surface area contributed by atoms with E-state index in [0.717, 1.165) is 26.0 Å². The van der Waals surface area contributed by atoms with E-state index in [1.54, 1.807) is 7.11 Å². The number of hydrogen-bond acceptors (Lipinski definition) is 2. The van der Waals surface area contributed by atoms with Gasteiger partial charge in [-0.25, -0.2) is 0 Å². The lowest BCUT2D eigenvalue weighted by Gasteiger charge is -2.35. The highest BCUT2D eigenvalue weighted by molar-refractivity contribution is 4.96. The van der Waals surface area contributed by atoms with Crippen LogP contribution in [-0.2, 0) is 4.74 Å². The summed E-state index contributed by atoms with van der Waals surface area (Å²) in [7, 11) is 1.69. The summed E-state index contributed by atoms with van der Waals surface area (Å²) in [5, 5.41) is 0. The number of alkyl halides is 3. The molecule has 0 aromatic heterocycles. The molecule has 2 fully saturated rings. The van der Waals surface area contributed by atoms with E-state index < -0.39 is 12.1 Å². The molecule has 1 saturated carbocycles. The number of nitrogens with zero attached hydrogens (tertiary/aromatic N) is 1. The highest BCUT2D eigenvalue weighted by atomic mass is 19.4. The second-order valence-electron chi connectivity index (χ2n) is 5.53. The molecule has 0 N–H and O–H groups in total. The Hall–Kier alpha value is -0.290. The summed E-state index contributed by atoms with van der Waals surface area (Å²) in [6, 6.07) is 0. The number of hydrogen-bond donors (Lipinski definition) is 0. The van der Waals surface area contributed by atoms with Crippen molar-refractivity contribution in [3.63, 3.8) is 0 Å². The van der Waals surface area contributed by atoms with Crippen LogP contribution < -0.4 is 0 Å². The van der Waals surface area contributed by atoms with Crippen molar-refractivity contribution in [3.05, 3.63) is 0 Å². The Morgan fingerprint density at radius 2 is 1.68 bits per heavy atom. The van der Waals surface area contributed by atoms with Crippen LogP contribution in [0.5, 0.6) is 0 Å². The third-order valence-electron chi connectivity index (χ3n) is 4.02. The number of rotatable bonds is 4. The molecule has 1 heterocycles. The molecule has 1 saturated heterocycles. The van der Waals surface area contributed by atoms with Gasteiger partial charge in [-0.05, 0) is 38.8 Å². The Morgan fingerprint density at radius 3 is 2.05 bits per heavy atom. The van der Waals surface area contributed by atoms with Gasteiger partial charge >= 0.3 is 6.18 Å². The lowest BCUT2D eigenvalue weighted by Crippen LogP contribution is -2.42. The molecule has 0 spiro atoms. The summed E-state index contributed by atoms with van der Waals surface area (Å²) in [5.41, 5.74) is 0.250. The highest BCUT2D eigenvalue weighted by Gasteiger charge is 2.46. The van der Waals surface area contributed by atoms with E-state index in [1.807, 2.05) is 13.8 Å². The Labute approximate surface area is 114 Å². The monoisotopic (exact) mass is 281 g/mol. The highest BCUT2D eigenvalue weighted by Crippen LogP contribution is 2.47. The largest absolute Gasteiger partial charge is 0.391 e. The van der Waals surface area contributed by atoms with E-state index >= 15 is 0 Å². The number of piperidine rings is 1. The van der Waals surface area contributed by atoms with Gasteiger partial charge in [-0.1, -0.05) is 13.8 Å². The average Bonchev–Trinajstić information content (AvgIpc) is 3.11. The minimum absolute atomic E-state index is 0.250. The molecule has 2 rings (SSSR count). The first-order valence-electron chi connectivity index (χ1n) is 7.23. The van der Waals surface area contributed by atoms with E-state index in [1.165, 1.54) is 0 Å². The van der Waals surface area contributed by atoms with Crippen molar-refractivity contribution in [2.75, 3.05) is 33.4 Å². The summed E-state index contributed by atoms with van der Waals surface area (Å²) in [6.07, 6.45) is -1.19. The molecule has 19 heavy (non-hydrogen) atoms. The lowest BCUT2D eigenvalue weighted by atomic mass is 9.95. The van der Waals surface area contributed by atoms with E-state index in [0.29, 0.717) is 13.1 Å². The third-order valence-corrected chi connectivity index (χ3v) is 4.02. The SMILES string of the molecule is CC.COCC1(CN2CCC(C(F)(F)F)CC2)CC1. The van der Waals surface area contributed by atoms with Crippen molar-refractivity contribution in [2.24, 2.45) is 11.3 Å². The topological polar surface area (TPSA) is 12.5 Å². The normalized spacial score (nSPS) is 23.7. The summed E-state index contributed by atoms with van der Waals surface area (Å²) in [6.45, 7) is 6.81. The van der Waals surface area contributed by atoms with Crippen LogP contribution in [0.15, 0.2) is 0 Å². The molecule has 0 unspecified atom stereocenters. The standard InChI is InChI=1S/C12H20F3NO.C2H6/c1-17-9-11(4-5-11)8-16-6-2-10(3-7-16)12(13,14)15;1-2/h10H,2-9H2,1H3;1-2H3. The third kappa shape index (κ3) is 4.95. The predicted octanol–water partition coefficient (Wildman–Crippen LogP) is 3.71. The zero-order chi connectivity index (χ0) is 14.5. The van der Waals surface area contributed by atoms with Gasteiger partial charge in [-0.3, -0.25) is 0 Å². The van der Waals surface area contributed by atoms with Crippen LogP contribution in [-0.4, -0.2) is 44.4 Å². The molecule has 2 aliphatic rings. The minimum atomic E-state index is -4.00. The van der Waals surface area contributed by atoms with Crippen molar-refractivity contribution in [1.82, 2.24) is 4.90 Å². The van der Waals surface area contributed by atoms with E-state index in [9.17, 15) is 13.2 Å². The molecule has 0 amide bonds. The molecule has 1 aliphatic carbocycles. The Bertz CT molecular complexity index is 256. The van der Waals surface area contributed by atoms with Gasteiger partial charge in [0.15, 0.2) is 0 Å². The molecule has 0 bridgehead atoms. The molecule has 5 heteroatoms. The summed E-state index contributed by atoms with van der Waals surface area (Å²) in [5.74, 6) is -1.09. The summed E-state index contributed by atoms with van der Waals surface area (Å²) >= 11 is 0. The molecule has 0 aromatic carbocycles. The summed E-state index contributed by atoms with van der Waals surface area (Å²) < 4.78 is 42.7. The van der Waals surface area contributed by atoms with Crippen LogP contribution >= 0.6 is 0 Å². The van der Waals surface area contributed by atoms with Gasteiger partial charge in [-0.15, -0.1) is 0 Å². The molecule has 2 nitrogen and oxygen atoms in total. The number of halogens is 3. The molecular weight excluding hydrogens is 255 g/mol. The van der Waals surface area contributed by atoms with Crippen molar-refractivity contribution in [3.8, 4) is 0 Å². The fourth-order valence-electron chi connectivity index (χ4n) is 2.72. The number of methoxy groups -OCH3 is 1. The van der Waals surface area contributed by atoms with Crippen molar-refractivity contribution in [1.29, 1.82) is 0 Å². The average molecular weight is 281 g/mol. The van der Waals surface area contributed by atoms with Crippen LogP contribution in [0.1, 0.15) is 39.5 Å². The zero-order valence-corrected chi connectivity index (χ0v) is 12.2. The number of ether oxygens (including phenoxy) is 1. The van der Waals surface area contributed by atoms with Gasteiger partial charge in [0.2, 0.25) is 0 Å². The van der Waals surface area contributed by atoms with Gasteiger partial charge in [-0.2, -0.15) is 13.2 Å². The first-order valence-corrected chi connectivity index (χ1v) is 7.23. The Morgan fingerprint density at radius 1 is 1.16 bits per heavy atom. The Kier molecular flexibility index (Phi) is 6.12. The Balaban J connectivity index is 0.000000861. The fourth-order valence-corrected chi connectivity index (χ4v) is 2.72. The quantitative estimate of drug-likeness (QED) is 0.779. The van der Waals surface area contributed by atoms with Gasteiger partial charge in [0.1, 0.15) is 0 Å². The minimum Gasteiger partial charge on any atom is -0.384 e. The molecule has 114 valence electrons. The lowest BCUT2D eigenvalue weighted by molar-refractivity contribution is -0.185. The number of likely N-dealkylation sites (tertiary alicyclic amines) is 1. The van der Waals surface area contributed by atoms with Crippen molar-refractivity contribution >= 4 is 0 Å². The maximum atomic E-state index is 12.5. The van der Waals surface area contributed by atoms with Crippen molar-refractivity contribution in [2.45, 2.75) is 45.7 Å². The van der Waals surface area contributed by atoms with E-state index in [4.69, 9.17) is 4.74 Å². The van der Waals surface area contributed by atoms with Crippen LogP contribution in [0.25, 0.3) is 0 Å². The first-order chi connectivity index (χ1) is 8.95. The fraction of sp³-hybridized carbons (Fsp3) is 1.00. The van der Waals surface area contributed by atoms with Crippen LogP contribution in [0.4, 0.5) is 13.2 Å². The van der Waals surface area contributed by atoms with Crippen LogP contribution in [0.2, 0.25) is 0 Å². The van der Waals surface area contributed by atoms with Gasteiger partial charge in [0.25, 0.3) is 0 Å². The molecular formula is C14H26F3NO. The van der Waals surface area contributed by atoms with E-state index in [-0.39, 0.29) is 18.3 Å².